The SMILES string of the molecule is CC(C)[C@H](NC(=O)[C@H](C)NC(=O)[C@H](Cc1cnc[nH]1)NC(=O)[C@@H](N)CCCCN)C(=O)N[C@H](C(=O)N[C@@H](CC(N)=O)C(=O)O)C(C)C. The van der Waals surface area contributed by atoms with E-state index in [9.17, 15) is 38.7 Å². The molecule has 0 aliphatic rings. The van der Waals surface area contributed by atoms with Crippen molar-refractivity contribution in [2.24, 2.45) is 29.0 Å². The normalized spacial score (nSPS) is 15.0. The summed E-state index contributed by atoms with van der Waals surface area (Å²) in [6.07, 6.45) is 3.96. The number of primary amides is 1. The Morgan fingerprint density at radius 3 is 1.83 bits per heavy atom. The van der Waals surface area contributed by atoms with Gasteiger partial charge in [-0.15, -0.1) is 0 Å². The fourth-order valence-electron chi connectivity index (χ4n) is 4.38. The van der Waals surface area contributed by atoms with E-state index in [1.807, 2.05) is 0 Å². The predicted octanol–water partition coefficient (Wildman–Crippen LogP) is -2.88. The number of nitrogens with one attached hydrogen (secondary N) is 6. The molecule has 0 aliphatic heterocycles. The molecule has 264 valence electrons. The van der Waals surface area contributed by atoms with Gasteiger partial charge in [-0.1, -0.05) is 34.1 Å². The number of unbranched alkanes of at least 4 members (excludes halogenated alkanes) is 1. The summed E-state index contributed by atoms with van der Waals surface area (Å²) in [7, 11) is 0. The zero-order valence-corrected chi connectivity index (χ0v) is 27.5. The summed E-state index contributed by atoms with van der Waals surface area (Å²) in [5.74, 6) is -6.98. The number of hydrogen-bond acceptors (Lipinski definition) is 10. The number of carboxylic acid groups (broad SMARTS) is 1. The Hall–Kier alpha value is -4.58. The van der Waals surface area contributed by atoms with E-state index in [4.69, 9.17) is 17.2 Å². The van der Waals surface area contributed by atoms with Crippen molar-refractivity contribution in [3.63, 3.8) is 0 Å². The Morgan fingerprint density at radius 1 is 0.787 bits per heavy atom. The lowest BCUT2D eigenvalue weighted by Gasteiger charge is -2.29. The van der Waals surface area contributed by atoms with E-state index >= 15 is 0 Å². The highest BCUT2D eigenvalue weighted by atomic mass is 16.4. The number of H-pyrrole nitrogens is 1. The molecule has 0 unspecified atom stereocenters. The third-order valence-electron chi connectivity index (χ3n) is 7.18. The summed E-state index contributed by atoms with van der Waals surface area (Å²) in [6.45, 7) is 8.38. The number of imidazole rings is 1. The van der Waals surface area contributed by atoms with Gasteiger partial charge < -0.3 is 53.9 Å². The molecule has 0 radical (unpaired) electrons. The van der Waals surface area contributed by atoms with E-state index in [-0.39, 0.29) is 6.42 Å². The number of aromatic amines is 1. The first-order valence-electron chi connectivity index (χ1n) is 15.4. The second-order valence-electron chi connectivity index (χ2n) is 12.0. The third kappa shape index (κ3) is 14.2. The molecule has 1 aromatic heterocycles. The molecule has 47 heavy (non-hydrogen) atoms. The summed E-state index contributed by atoms with van der Waals surface area (Å²) in [5, 5.41) is 21.8. The Morgan fingerprint density at radius 2 is 1.34 bits per heavy atom. The molecule has 0 saturated carbocycles. The number of nitrogens with zero attached hydrogens (tertiary/aromatic N) is 1. The van der Waals surface area contributed by atoms with Gasteiger partial charge in [-0.3, -0.25) is 28.8 Å². The Bertz CT molecular complexity index is 1220. The zero-order valence-electron chi connectivity index (χ0n) is 27.5. The quantitative estimate of drug-likeness (QED) is 0.0594. The molecule has 18 heteroatoms. The van der Waals surface area contributed by atoms with Gasteiger partial charge in [-0.05, 0) is 38.1 Å². The van der Waals surface area contributed by atoms with Crippen molar-refractivity contribution in [1.29, 1.82) is 0 Å². The van der Waals surface area contributed by atoms with Crippen molar-refractivity contribution in [1.82, 2.24) is 36.6 Å². The van der Waals surface area contributed by atoms with Gasteiger partial charge in [0.15, 0.2) is 0 Å². The van der Waals surface area contributed by atoms with Crippen LogP contribution in [0.4, 0.5) is 0 Å². The summed E-state index contributed by atoms with van der Waals surface area (Å²) in [4.78, 5) is 94.8. The summed E-state index contributed by atoms with van der Waals surface area (Å²) in [5.41, 5.74) is 17.1. The minimum Gasteiger partial charge on any atom is -0.480 e. The minimum atomic E-state index is -1.60. The Balaban J connectivity index is 2.99. The van der Waals surface area contributed by atoms with Crippen LogP contribution >= 0.6 is 0 Å². The molecule has 6 amide bonds. The minimum absolute atomic E-state index is 0.0271. The van der Waals surface area contributed by atoms with Gasteiger partial charge in [-0.25, -0.2) is 9.78 Å². The summed E-state index contributed by atoms with van der Waals surface area (Å²) in [6, 6.07) is -7.14. The van der Waals surface area contributed by atoms with E-state index in [2.05, 4.69) is 36.6 Å². The van der Waals surface area contributed by atoms with E-state index in [1.54, 1.807) is 27.7 Å². The first kappa shape index (κ1) is 40.4. The van der Waals surface area contributed by atoms with Crippen molar-refractivity contribution in [3.8, 4) is 0 Å². The lowest BCUT2D eigenvalue weighted by atomic mass is 9.99. The van der Waals surface area contributed by atoms with Crippen LogP contribution in [0.15, 0.2) is 12.5 Å². The van der Waals surface area contributed by atoms with Crippen LogP contribution in [0.25, 0.3) is 0 Å². The van der Waals surface area contributed by atoms with Crippen molar-refractivity contribution in [2.75, 3.05) is 6.54 Å². The highest BCUT2D eigenvalue weighted by molar-refractivity contribution is 5.96. The number of rotatable bonds is 21. The van der Waals surface area contributed by atoms with Crippen LogP contribution in [0.5, 0.6) is 0 Å². The number of aromatic nitrogens is 2. The van der Waals surface area contributed by atoms with E-state index < -0.39 is 95.9 Å². The standard InChI is InChI=1S/C29H50N10O8/c1-14(2)22(27(44)37-20(29(46)47)11-21(32)40)39-28(45)23(15(3)4)38-24(41)16(5)35-26(43)19(10-17-12-33-13-34-17)36-25(42)18(31)8-6-7-9-30/h12-16,18-20,22-23H,6-11,30-31H2,1-5H3,(H2,32,40)(H,33,34)(H,35,43)(H,36,42)(H,37,44)(H,38,41)(H,39,45)(H,46,47)/t16-,18-,19-,20-,22-,23-/m0/s1. The molecule has 0 bridgehead atoms. The van der Waals surface area contributed by atoms with Crippen LogP contribution in [0, 0.1) is 11.8 Å². The molecule has 1 heterocycles. The fraction of sp³-hybridized carbons (Fsp3) is 0.655. The van der Waals surface area contributed by atoms with E-state index in [0.717, 1.165) is 0 Å². The summed E-state index contributed by atoms with van der Waals surface area (Å²) >= 11 is 0. The van der Waals surface area contributed by atoms with Crippen LogP contribution in [0.2, 0.25) is 0 Å². The van der Waals surface area contributed by atoms with E-state index in [0.29, 0.717) is 31.5 Å². The van der Waals surface area contributed by atoms with Gasteiger partial charge in [0, 0.05) is 18.3 Å². The molecular formula is C29H50N10O8. The fourth-order valence-corrected chi connectivity index (χ4v) is 4.38. The van der Waals surface area contributed by atoms with E-state index in [1.165, 1.54) is 19.4 Å². The molecular weight excluding hydrogens is 616 g/mol. The Labute approximate surface area is 273 Å². The third-order valence-corrected chi connectivity index (χ3v) is 7.18. The highest BCUT2D eigenvalue weighted by Crippen LogP contribution is 2.09. The van der Waals surface area contributed by atoms with Gasteiger partial charge in [0.25, 0.3) is 0 Å². The highest BCUT2D eigenvalue weighted by Gasteiger charge is 2.34. The molecule has 0 fully saturated rings. The van der Waals surface area contributed by atoms with Crippen LogP contribution in [-0.2, 0) is 40.0 Å². The molecule has 0 aliphatic carbocycles. The average molecular weight is 667 g/mol. The molecule has 6 atom stereocenters. The van der Waals surface area contributed by atoms with Gasteiger partial charge >= 0.3 is 5.97 Å². The van der Waals surface area contributed by atoms with Crippen molar-refractivity contribution in [2.45, 2.75) is 103 Å². The zero-order chi connectivity index (χ0) is 35.8. The van der Waals surface area contributed by atoms with Crippen LogP contribution in [-0.4, -0.2) is 99.3 Å². The number of amides is 6. The molecule has 13 N–H and O–H groups in total. The number of carbonyl (C=O) groups excluding carboxylic acids is 6. The van der Waals surface area contributed by atoms with Gasteiger partial charge in [-0.2, -0.15) is 0 Å². The van der Waals surface area contributed by atoms with Crippen molar-refractivity contribution >= 4 is 41.4 Å². The maximum atomic E-state index is 13.3. The number of carboxylic acids is 1. The predicted molar refractivity (Wildman–Crippen MR) is 170 cm³/mol. The molecule has 1 aromatic rings. The largest absolute Gasteiger partial charge is 0.480 e. The monoisotopic (exact) mass is 666 g/mol. The molecule has 0 saturated heterocycles. The lowest BCUT2D eigenvalue weighted by Crippen LogP contribution is -2.60. The number of aliphatic carboxylic acids is 1. The number of hydrogen-bond donors (Lipinski definition) is 10. The maximum absolute atomic E-state index is 13.3. The molecule has 0 spiro atoms. The van der Waals surface area contributed by atoms with Gasteiger partial charge in [0.1, 0.15) is 30.2 Å². The van der Waals surface area contributed by atoms with Crippen LogP contribution in [0.3, 0.4) is 0 Å². The molecule has 18 nitrogen and oxygen atoms in total. The van der Waals surface area contributed by atoms with Crippen LogP contribution in [0.1, 0.15) is 66.0 Å². The van der Waals surface area contributed by atoms with Crippen molar-refractivity contribution in [3.05, 3.63) is 18.2 Å². The van der Waals surface area contributed by atoms with Crippen LogP contribution < -0.4 is 43.8 Å². The average Bonchev–Trinajstić information content (AvgIpc) is 3.50. The second-order valence-corrected chi connectivity index (χ2v) is 12.0. The van der Waals surface area contributed by atoms with Crippen molar-refractivity contribution < 1.29 is 38.7 Å². The topological polar surface area (TPSA) is 307 Å². The second kappa shape index (κ2) is 19.8. The molecule has 1 rings (SSSR count). The lowest BCUT2D eigenvalue weighted by molar-refractivity contribution is -0.144. The maximum Gasteiger partial charge on any atom is 0.326 e. The first-order valence-corrected chi connectivity index (χ1v) is 15.4. The molecule has 0 aromatic carbocycles. The Kier molecular flexibility index (Phi) is 17.1. The summed E-state index contributed by atoms with van der Waals surface area (Å²) < 4.78 is 0. The number of nitrogens with two attached hydrogens (primary N) is 3. The van der Waals surface area contributed by atoms with Gasteiger partial charge in [0.2, 0.25) is 35.4 Å². The van der Waals surface area contributed by atoms with Gasteiger partial charge in [0.05, 0.1) is 18.8 Å². The number of carbonyl (C=O) groups is 7. The first-order chi connectivity index (χ1) is 22.0. The smallest absolute Gasteiger partial charge is 0.326 e.